The zero-order valence-electron chi connectivity index (χ0n) is 9.87. The molecule has 0 unspecified atom stereocenters. The quantitative estimate of drug-likeness (QED) is 0.783. The molecule has 2 aromatic rings. The van der Waals surface area contributed by atoms with Gasteiger partial charge >= 0.3 is 0 Å². The average Bonchev–Trinajstić information content (AvgIpc) is 2.76. The number of fused-ring (bicyclic) bond motifs is 1. The summed E-state index contributed by atoms with van der Waals surface area (Å²) >= 11 is 0. The minimum Gasteiger partial charge on any atom is -0.291 e. The fraction of sp³-hybridized carbons (Fsp3) is 0.200. The van der Waals surface area contributed by atoms with Gasteiger partial charge in [-0.3, -0.25) is 4.90 Å². The topological polar surface area (TPSA) is 3.24 Å². The molecule has 3 rings (SSSR count). The summed E-state index contributed by atoms with van der Waals surface area (Å²) in [5.41, 5.74) is 3.45. The van der Waals surface area contributed by atoms with Crippen molar-refractivity contribution in [3.63, 3.8) is 0 Å². The molecule has 1 nitrogen and oxygen atoms in total. The van der Waals surface area contributed by atoms with Gasteiger partial charge in [0.25, 0.3) is 0 Å². The highest BCUT2D eigenvalue weighted by atomic mass is 19.2. The molecule has 0 saturated heterocycles. The Morgan fingerprint density at radius 2 is 1.56 bits per heavy atom. The first kappa shape index (κ1) is 11.4. The van der Waals surface area contributed by atoms with Crippen molar-refractivity contribution in [1.29, 1.82) is 0 Å². The molecule has 0 aliphatic carbocycles. The van der Waals surface area contributed by atoms with Crippen LogP contribution in [0.3, 0.4) is 0 Å². The van der Waals surface area contributed by atoms with Gasteiger partial charge in [0, 0.05) is 19.6 Å². The Kier molecular flexibility index (Phi) is 2.84. The number of benzene rings is 2. The van der Waals surface area contributed by atoms with E-state index in [-0.39, 0.29) is 0 Å². The number of rotatable bonds is 2. The maximum absolute atomic E-state index is 13.1. The predicted molar refractivity (Wildman–Crippen MR) is 65.8 cm³/mol. The van der Waals surface area contributed by atoms with Crippen LogP contribution in [0.4, 0.5) is 8.78 Å². The third-order valence-electron chi connectivity index (χ3n) is 3.30. The molecule has 0 radical (unpaired) electrons. The third kappa shape index (κ3) is 2.14. The molecule has 2 aromatic carbocycles. The molecule has 0 spiro atoms. The van der Waals surface area contributed by atoms with Gasteiger partial charge < -0.3 is 0 Å². The van der Waals surface area contributed by atoms with Crippen LogP contribution in [0.2, 0.25) is 0 Å². The van der Waals surface area contributed by atoms with Crippen molar-refractivity contribution in [3.8, 4) is 0 Å². The fourth-order valence-corrected chi connectivity index (χ4v) is 2.41. The lowest BCUT2D eigenvalue weighted by Gasteiger charge is -2.14. The van der Waals surface area contributed by atoms with E-state index in [0.717, 1.165) is 18.7 Å². The fourth-order valence-electron chi connectivity index (χ4n) is 2.41. The van der Waals surface area contributed by atoms with Crippen LogP contribution in [0.15, 0.2) is 42.5 Å². The first-order valence-electron chi connectivity index (χ1n) is 5.95. The summed E-state index contributed by atoms with van der Waals surface area (Å²) in [5.74, 6) is -1.56. The molecule has 0 aromatic heterocycles. The van der Waals surface area contributed by atoms with Gasteiger partial charge in [0.2, 0.25) is 0 Å². The summed E-state index contributed by atoms with van der Waals surface area (Å²) in [5, 5.41) is 0. The van der Waals surface area contributed by atoms with Crippen LogP contribution in [0, 0.1) is 11.6 Å². The Hall–Kier alpha value is -1.74. The second-order valence-electron chi connectivity index (χ2n) is 4.66. The van der Waals surface area contributed by atoms with E-state index >= 15 is 0 Å². The van der Waals surface area contributed by atoms with Crippen molar-refractivity contribution >= 4 is 0 Å². The molecule has 1 heterocycles. The lowest BCUT2D eigenvalue weighted by atomic mass is 10.1. The van der Waals surface area contributed by atoms with E-state index in [2.05, 4.69) is 17.0 Å². The van der Waals surface area contributed by atoms with Crippen LogP contribution in [-0.2, 0) is 19.6 Å². The molecule has 1 aliphatic rings. The zero-order chi connectivity index (χ0) is 12.5. The molecule has 92 valence electrons. The van der Waals surface area contributed by atoms with Gasteiger partial charge in [-0.15, -0.1) is 0 Å². The third-order valence-corrected chi connectivity index (χ3v) is 3.30. The summed E-state index contributed by atoms with van der Waals surface area (Å²) in [6, 6.07) is 12.4. The molecule has 1 aliphatic heterocycles. The van der Waals surface area contributed by atoms with Crippen molar-refractivity contribution in [2.75, 3.05) is 0 Å². The number of hydrogen-bond acceptors (Lipinski definition) is 1. The van der Waals surface area contributed by atoms with E-state index < -0.39 is 11.6 Å². The van der Waals surface area contributed by atoms with E-state index in [0.29, 0.717) is 6.54 Å². The number of hydrogen-bond donors (Lipinski definition) is 0. The minimum atomic E-state index is -0.788. The summed E-state index contributed by atoms with van der Waals surface area (Å²) in [4.78, 5) is 2.22. The first-order valence-corrected chi connectivity index (χ1v) is 5.95. The highest BCUT2D eigenvalue weighted by Crippen LogP contribution is 2.24. The Labute approximate surface area is 105 Å². The van der Waals surface area contributed by atoms with Crippen LogP contribution in [0.25, 0.3) is 0 Å². The van der Waals surface area contributed by atoms with Gasteiger partial charge in [0.15, 0.2) is 11.6 Å². The standard InChI is InChI=1S/C15H13F2N/c16-14-6-5-11(7-15(14)17)8-18-9-12-3-1-2-4-13(12)10-18/h1-7H,8-10H2. The van der Waals surface area contributed by atoms with Gasteiger partial charge in [-0.25, -0.2) is 8.78 Å². The Morgan fingerprint density at radius 3 is 2.17 bits per heavy atom. The molecule has 3 heteroatoms. The molecule has 0 atom stereocenters. The maximum Gasteiger partial charge on any atom is 0.159 e. The first-order chi connectivity index (χ1) is 8.72. The maximum atomic E-state index is 13.1. The smallest absolute Gasteiger partial charge is 0.159 e. The highest BCUT2D eigenvalue weighted by molar-refractivity contribution is 5.30. The van der Waals surface area contributed by atoms with Crippen LogP contribution < -0.4 is 0 Å². The van der Waals surface area contributed by atoms with Gasteiger partial charge in [-0.2, -0.15) is 0 Å². The summed E-state index contributed by atoms with van der Waals surface area (Å²) < 4.78 is 26.0. The van der Waals surface area contributed by atoms with Gasteiger partial charge in [0.05, 0.1) is 0 Å². The van der Waals surface area contributed by atoms with Crippen molar-refractivity contribution < 1.29 is 8.78 Å². The van der Waals surface area contributed by atoms with E-state index in [1.54, 1.807) is 6.07 Å². The molecule has 0 amide bonds. The molecule has 0 bridgehead atoms. The number of halogens is 2. The van der Waals surface area contributed by atoms with E-state index in [1.807, 2.05) is 12.1 Å². The van der Waals surface area contributed by atoms with Crippen molar-refractivity contribution in [2.24, 2.45) is 0 Å². The molecule has 18 heavy (non-hydrogen) atoms. The predicted octanol–water partition coefficient (Wildman–Crippen LogP) is 3.48. The monoisotopic (exact) mass is 245 g/mol. The molecular formula is C15H13F2N. The highest BCUT2D eigenvalue weighted by Gasteiger charge is 2.18. The second-order valence-corrected chi connectivity index (χ2v) is 4.66. The summed E-state index contributed by atoms with van der Waals surface area (Å²) in [7, 11) is 0. The zero-order valence-corrected chi connectivity index (χ0v) is 9.87. The van der Waals surface area contributed by atoms with Crippen molar-refractivity contribution in [1.82, 2.24) is 4.90 Å². The largest absolute Gasteiger partial charge is 0.291 e. The van der Waals surface area contributed by atoms with E-state index in [1.165, 1.54) is 23.3 Å². The van der Waals surface area contributed by atoms with Gasteiger partial charge in [-0.1, -0.05) is 30.3 Å². The Balaban J connectivity index is 1.74. The van der Waals surface area contributed by atoms with E-state index in [9.17, 15) is 8.78 Å². The number of nitrogens with zero attached hydrogens (tertiary/aromatic N) is 1. The lowest BCUT2D eigenvalue weighted by molar-refractivity contribution is 0.275. The van der Waals surface area contributed by atoms with Crippen LogP contribution >= 0.6 is 0 Å². The summed E-state index contributed by atoms with van der Waals surface area (Å²) in [6.07, 6.45) is 0. The van der Waals surface area contributed by atoms with Crippen LogP contribution in [0.5, 0.6) is 0 Å². The molecule has 0 saturated carbocycles. The second kappa shape index (κ2) is 4.50. The van der Waals surface area contributed by atoms with Crippen LogP contribution in [0.1, 0.15) is 16.7 Å². The van der Waals surface area contributed by atoms with Gasteiger partial charge in [-0.05, 0) is 28.8 Å². The average molecular weight is 245 g/mol. The minimum absolute atomic E-state index is 0.645. The Bertz CT molecular complexity index is 555. The van der Waals surface area contributed by atoms with E-state index in [4.69, 9.17) is 0 Å². The van der Waals surface area contributed by atoms with Crippen molar-refractivity contribution in [2.45, 2.75) is 19.6 Å². The van der Waals surface area contributed by atoms with Crippen LogP contribution in [-0.4, -0.2) is 4.90 Å². The SMILES string of the molecule is Fc1ccc(CN2Cc3ccccc3C2)cc1F. The molecule has 0 fully saturated rings. The van der Waals surface area contributed by atoms with Crippen molar-refractivity contribution in [3.05, 3.63) is 70.8 Å². The Morgan fingerprint density at radius 1 is 0.889 bits per heavy atom. The molecule has 0 N–H and O–H groups in total. The normalized spacial score (nSPS) is 14.8. The lowest BCUT2D eigenvalue weighted by Crippen LogP contribution is -2.15. The molecular weight excluding hydrogens is 232 g/mol. The van der Waals surface area contributed by atoms with Gasteiger partial charge in [0.1, 0.15) is 0 Å². The summed E-state index contributed by atoms with van der Waals surface area (Å²) in [6.45, 7) is 2.39.